The lowest BCUT2D eigenvalue weighted by atomic mass is 10.1. The molecular weight excluding hydrogens is 198 g/mol. The minimum atomic E-state index is 0.0589. The molecule has 0 bridgehead atoms. The van der Waals surface area contributed by atoms with Crippen LogP contribution in [0.2, 0.25) is 5.02 Å². The fourth-order valence-electron chi connectivity index (χ4n) is 1.36. The summed E-state index contributed by atoms with van der Waals surface area (Å²) in [4.78, 5) is 4.23. The molecule has 1 heterocycles. The van der Waals surface area contributed by atoms with Crippen molar-refractivity contribution in [3.8, 4) is 0 Å². The molecule has 0 saturated carbocycles. The molecule has 3 nitrogen and oxygen atoms in total. The Kier molecular flexibility index (Phi) is 4.87. The monoisotopic (exact) mass is 213 g/mol. The number of hydrogen-bond donors (Lipinski definition) is 2. The van der Waals surface area contributed by atoms with E-state index in [0.29, 0.717) is 5.02 Å². The first-order chi connectivity index (χ1) is 6.79. The molecule has 3 N–H and O–H groups in total. The van der Waals surface area contributed by atoms with E-state index in [1.807, 2.05) is 12.1 Å². The number of rotatable bonds is 5. The highest BCUT2D eigenvalue weighted by molar-refractivity contribution is 6.31. The second-order valence-electron chi connectivity index (χ2n) is 3.23. The van der Waals surface area contributed by atoms with Crippen molar-refractivity contribution in [3.63, 3.8) is 0 Å². The van der Waals surface area contributed by atoms with Crippen molar-refractivity contribution >= 4 is 11.6 Å². The Hall–Kier alpha value is -0.640. The molecule has 4 heteroatoms. The van der Waals surface area contributed by atoms with Crippen LogP contribution in [0.3, 0.4) is 0 Å². The van der Waals surface area contributed by atoms with E-state index in [0.717, 1.165) is 25.0 Å². The van der Waals surface area contributed by atoms with Crippen LogP contribution in [-0.4, -0.2) is 4.98 Å². The summed E-state index contributed by atoms with van der Waals surface area (Å²) >= 11 is 6.02. The number of hydrogen-bond acceptors (Lipinski definition) is 3. The molecule has 1 rings (SSSR count). The van der Waals surface area contributed by atoms with Gasteiger partial charge in [0.1, 0.15) is 0 Å². The van der Waals surface area contributed by atoms with E-state index in [4.69, 9.17) is 17.4 Å². The van der Waals surface area contributed by atoms with Crippen LogP contribution in [0.4, 0.5) is 0 Å². The zero-order valence-corrected chi connectivity index (χ0v) is 9.09. The van der Waals surface area contributed by atoms with E-state index in [9.17, 15) is 0 Å². The summed E-state index contributed by atoms with van der Waals surface area (Å²) in [5, 5.41) is 0.673. The van der Waals surface area contributed by atoms with Crippen molar-refractivity contribution in [1.82, 2.24) is 10.4 Å². The molecule has 0 saturated heterocycles. The molecular formula is C10H16ClN3. The molecule has 0 amide bonds. The molecule has 0 spiro atoms. The number of nitrogens with one attached hydrogen (secondary N) is 1. The second-order valence-corrected chi connectivity index (χ2v) is 3.64. The van der Waals surface area contributed by atoms with E-state index in [1.54, 1.807) is 6.20 Å². The number of nitrogens with two attached hydrogens (primary N) is 1. The van der Waals surface area contributed by atoms with Crippen LogP contribution in [0.1, 0.15) is 37.9 Å². The predicted octanol–water partition coefficient (Wildman–Crippen LogP) is 2.43. The standard InChI is InChI=1S/C10H16ClN3/c1-2-3-6-9(14-12)10-8(11)5-4-7-13-10/h4-5,7,9,14H,2-3,6,12H2,1H3. The molecule has 14 heavy (non-hydrogen) atoms. The summed E-state index contributed by atoms with van der Waals surface area (Å²) < 4.78 is 0. The zero-order valence-electron chi connectivity index (χ0n) is 8.33. The van der Waals surface area contributed by atoms with Gasteiger partial charge in [0.05, 0.1) is 16.8 Å². The maximum absolute atomic E-state index is 6.02. The Morgan fingerprint density at radius 2 is 2.43 bits per heavy atom. The largest absolute Gasteiger partial charge is 0.271 e. The first kappa shape index (κ1) is 11.4. The number of unbranched alkanes of at least 4 members (excludes halogenated alkanes) is 1. The molecule has 78 valence electrons. The normalized spacial score (nSPS) is 12.8. The molecule has 0 aliphatic rings. The van der Waals surface area contributed by atoms with Gasteiger partial charge in [-0.05, 0) is 18.6 Å². The Balaban J connectivity index is 2.73. The van der Waals surface area contributed by atoms with Crippen molar-refractivity contribution in [2.75, 3.05) is 0 Å². The van der Waals surface area contributed by atoms with Crippen molar-refractivity contribution in [2.24, 2.45) is 5.84 Å². The van der Waals surface area contributed by atoms with Crippen LogP contribution in [-0.2, 0) is 0 Å². The van der Waals surface area contributed by atoms with Gasteiger partial charge in [0.2, 0.25) is 0 Å². The van der Waals surface area contributed by atoms with Crippen LogP contribution < -0.4 is 11.3 Å². The molecule has 0 aliphatic carbocycles. The minimum Gasteiger partial charge on any atom is -0.271 e. The smallest absolute Gasteiger partial charge is 0.0772 e. The second kappa shape index (κ2) is 5.96. The third kappa shape index (κ3) is 2.94. The van der Waals surface area contributed by atoms with Crippen molar-refractivity contribution in [1.29, 1.82) is 0 Å². The molecule has 0 fully saturated rings. The van der Waals surface area contributed by atoms with Crippen LogP contribution in [0.15, 0.2) is 18.3 Å². The minimum absolute atomic E-state index is 0.0589. The Morgan fingerprint density at radius 1 is 1.64 bits per heavy atom. The van der Waals surface area contributed by atoms with Gasteiger partial charge < -0.3 is 0 Å². The topological polar surface area (TPSA) is 50.9 Å². The van der Waals surface area contributed by atoms with Crippen molar-refractivity contribution in [3.05, 3.63) is 29.0 Å². The molecule has 1 atom stereocenters. The van der Waals surface area contributed by atoms with Gasteiger partial charge in [0.25, 0.3) is 0 Å². The SMILES string of the molecule is CCCCC(NN)c1ncccc1Cl. The number of aromatic nitrogens is 1. The van der Waals surface area contributed by atoms with E-state index < -0.39 is 0 Å². The highest BCUT2D eigenvalue weighted by atomic mass is 35.5. The van der Waals surface area contributed by atoms with Crippen LogP contribution in [0.5, 0.6) is 0 Å². The van der Waals surface area contributed by atoms with Gasteiger partial charge in [0.15, 0.2) is 0 Å². The lowest BCUT2D eigenvalue weighted by Gasteiger charge is -2.15. The summed E-state index contributed by atoms with van der Waals surface area (Å²) in [5.41, 5.74) is 3.59. The third-order valence-corrected chi connectivity index (χ3v) is 2.48. The first-order valence-electron chi connectivity index (χ1n) is 4.86. The summed E-state index contributed by atoms with van der Waals surface area (Å²) in [6.45, 7) is 2.15. The predicted molar refractivity (Wildman–Crippen MR) is 58.8 cm³/mol. The van der Waals surface area contributed by atoms with Crippen LogP contribution in [0.25, 0.3) is 0 Å². The number of halogens is 1. The van der Waals surface area contributed by atoms with Crippen molar-refractivity contribution in [2.45, 2.75) is 32.2 Å². The quantitative estimate of drug-likeness (QED) is 0.584. The highest BCUT2D eigenvalue weighted by Crippen LogP contribution is 2.23. The maximum Gasteiger partial charge on any atom is 0.0772 e. The molecule has 0 aromatic carbocycles. The maximum atomic E-state index is 6.02. The van der Waals surface area contributed by atoms with E-state index in [1.165, 1.54) is 0 Å². The number of pyridine rings is 1. The number of nitrogens with zero attached hydrogens (tertiary/aromatic N) is 1. The summed E-state index contributed by atoms with van der Waals surface area (Å²) in [5.74, 6) is 5.47. The molecule has 1 unspecified atom stereocenters. The average molecular weight is 214 g/mol. The van der Waals surface area contributed by atoms with Gasteiger partial charge in [-0.15, -0.1) is 0 Å². The van der Waals surface area contributed by atoms with Gasteiger partial charge >= 0.3 is 0 Å². The summed E-state index contributed by atoms with van der Waals surface area (Å²) in [6, 6.07) is 3.71. The number of hydrazine groups is 1. The fourth-order valence-corrected chi connectivity index (χ4v) is 1.61. The lowest BCUT2D eigenvalue weighted by Crippen LogP contribution is -2.28. The van der Waals surface area contributed by atoms with E-state index >= 15 is 0 Å². The zero-order chi connectivity index (χ0) is 10.4. The highest BCUT2D eigenvalue weighted by Gasteiger charge is 2.13. The summed E-state index contributed by atoms with van der Waals surface area (Å²) in [7, 11) is 0. The lowest BCUT2D eigenvalue weighted by molar-refractivity contribution is 0.485. The van der Waals surface area contributed by atoms with Gasteiger partial charge in [-0.25, -0.2) is 0 Å². The Morgan fingerprint density at radius 3 is 3.00 bits per heavy atom. The van der Waals surface area contributed by atoms with Crippen LogP contribution >= 0.6 is 11.6 Å². The Labute approximate surface area is 89.6 Å². The summed E-state index contributed by atoms with van der Waals surface area (Å²) in [6.07, 6.45) is 4.95. The Bertz CT molecular complexity index is 278. The molecule has 0 radical (unpaired) electrons. The average Bonchev–Trinajstić information content (AvgIpc) is 2.21. The van der Waals surface area contributed by atoms with Crippen LogP contribution in [0, 0.1) is 0 Å². The molecule has 0 aliphatic heterocycles. The third-order valence-electron chi connectivity index (χ3n) is 2.16. The van der Waals surface area contributed by atoms with Gasteiger partial charge in [-0.2, -0.15) is 0 Å². The van der Waals surface area contributed by atoms with Gasteiger partial charge in [-0.3, -0.25) is 16.3 Å². The first-order valence-corrected chi connectivity index (χ1v) is 5.24. The van der Waals surface area contributed by atoms with Crippen molar-refractivity contribution < 1.29 is 0 Å². The molecule has 1 aromatic rings. The van der Waals surface area contributed by atoms with E-state index in [-0.39, 0.29) is 6.04 Å². The van der Waals surface area contributed by atoms with E-state index in [2.05, 4.69) is 17.3 Å². The van der Waals surface area contributed by atoms with Gasteiger partial charge in [0, 0.05) is 6.20 Å². The van der Waals surface area contributed by atoms with Gasteiger partial charge in [-0.1, -0.05) is 31.4 Å². The fraction of sp³-hybridized carbons (Fsp3) is 0.500. The molecule has 1 aromatic heterocycles.